The highest BCUT2D eigenvalue weighted by Gasteiger charge is 2.44. The van der Waals surface area contributed by atoms with E-state index >= 15 is 0 Å². The van der Waals surface area contributed by atoms with Crippen molar-refractivity contribution in [3.63, 3.8) is 0 Å². The number of nitrogens with one attached hydrogen (secondary N) is 1. The van der Waals surface area contributed by atoms with Gasteiger partial charge in [-0.2, -0.15) is 0 Å². The van der Waals surface area contributed by atoms with Gasteiger partial charge in [-0.15, -0.1) is 0 Å². The molecule has 114 valence electrons. The van der Waals surface area contributed by atoms with Crippen molar-refractivity contribution in [1.82, 2.24) is 10.2 Å². The van der Waals surface area contributed by atoms with Crippen molar-refractivity contribution in [3.05, 3.63) is 35.6 Å². The zero-order chi connectivity index (χ0) is 15.0. The Morgan fingerprint density at radius 3 is 2.62 bits per heavy atom. The first-order valence-corrected chi connectivity index (χ1v) is 7.79. The van der Waals surface area contributed by atoms with E-state index in [9.17, 15) is 9.18 Å². The van der Waals surface area contributed by atoms with Gasteiger partial charge in [-0.05, 0) is 36.0 Å². The third-order valence-corrected chi connectivity index (χ3v) is 4.99. The van der Waals surface area contributed by atoms with Crippen LogP contribution in [0.15, 0.2) is 24.3 Å². The molecular formula is C17H23FN2O. The maximum absolute atomic E-state index is 13.1. The topological polar surface area (TPSA) is 32.3 Å². The summed E-state index contributed by atoms with van der Waals surface area (Å²) in [5.74, 6) is -0.0862. The lowest BCUT2D eigenvalue weighted by molar-refractivity contribution is -0.134. The molecule has 1 amide bonds. The summed E-state index contributed by atoms with van der Waals surface area (Å²) in [6.45, 7) is 4.88. The van der Waals surface area contributed by atoms with E-state index in [1.165, 1.54) is 25.0 Å². The van der Waals surface area contributed by atoms with Gasteiger partial charge < -0.3 is 4.90 Å². The average Bonchev–Trinajstić information content (AvgIpc) is 2.81. The Labute approximate surface area is 125 Å². The molecule has 1 saturated heterocycles. The Kier molecular flexibility index (Phi) is 3.74. The number of carbonyl (C=O) groups excluding carboxylic acids is 1. The second-order valence-electron chi connectivity index (χ2n) is 6.89. The number of nitrogens with zero attached hydrogens (tertiary/aromatic N) is 1. The second-order valence-corrected chi connectivity index (χ2v) is 6.89. The normalized spacial score (nSPS) is 28.9. The third-order valence-electron chi connectivity index (χ3n) is 4.99. The molecular weight excluding hydrogens is 267 g/mol. The van der Waals surface area contributed by atoms with Gasteiger partial charge in [0.05, 0.1) is 6.54 Å². The van der Waals surface area contributed by atoms with Crippen molar-refractivity contribution in [2.24, 2.45) is 5.41 Å². The minimum atomic E-state index is -0.243. The molecule has 4 heteroatoms. The molecule has 3 nitrogen and oxygen atoms in total. The minimum absolute atomic E-state index is 0.125. The smallest absolute Gasteiger partial charge is 0.238 e. The molecule has 1 aromatic rings. The fraction of sp³-hybridized carbons (Fsp3) is 0.588. The number of hydrogen-bond donors (Lipinski definition) is 1. The lowest BCUT2D eigenvalue weighted by Crippen LogP contribution is -2.49. The maximum atomic E-state index is 13.1. The van der Waals surface area contributed by atoms with Gasteiger partial charge in [-0.25, -0.2) is 4.39 Å². The summed E-state index contributed by atoms with van der Waals surface area (Å²) >= 11 is 0. The van der Waals surface area contributed by atoms with E-state index in [1.807, 2.05) is 4.90 Å². The summed E-state index contributed by atoms with van der Waals surface area (Å²) in [6.07, 6.45) is 4.49. The number of benzene rings is 1. The van der Waals surface area contributed by atoms with Gasteiger partial charge in [-0.3, -0.25) is 10.1 Å². The minimum Gasteiger partial charge on any atom is -0.318 e. The zero-order valence-corrected chi connectivity index (χ0v) is 12.7. The number of amides is 1. The first-order valence-electron chi connectivity index (χ1n) is 7.79. The van der Waals surface area contributed by atoms with E-state index in [-0.39, 0.29) is 29.3 Å². The molecule has 21 heavy (non-hydrogen) atoms. The standard InChI is InChI=1S/C17H23FN2O/c1-17(2)10-4-3-5-14(17)20-15(21)11-19-16(20)12-6-8-13(18)9-7-12/h6-9,14,16,19H,3-5,10-11H2,1-2H3. The number of hydrogen-bond acceptors (Lipinski definition) is 2. The van der Waals surface area contributed by atoms with Crippen LogP contribution >= 0.6 is 0 Å². The van der Waals surface area contributed by atoms with Gasteiger partial charge in [0.1, 0.15) is 12.0 Å². The Hall–Kier alpha value is -1.42. The molecule has 0 spiro atoms. The molecule has 0 bridgehead atoms. The van der Waals surface area contributed by atoms with Crippen LogP contribution in [0.25, 0.3) is 0 Å². The average molecular weight is 290 g/mol. The van der Waals surface area contributed by atoms with Crippen LogP contribution in [0.5, 0.6) is 0 Å². The van der Waals surface area contributed by atoms with Crippen LogP contribution < -0.4 is 5.32 Å². The predicted octanol–water partition coefficient (Wildman–Crippen LogP) is 3.22. The van der Waals surface area contributed by atoms with Crippen molar-refractivity contribution in [3.8, 4) is 0 Å². The van der Waals surface area contributed by atoms with Crippen LogP contribution in [0.3, 0.4) is 0 Å². The fourth-order valence-corrected chi connectivity index (χ4v) is 3.79. The highest BCUT2D eigenvalue weighted by Crippen LogP contribution is 2.42. The van der Waals surface area contributed by atoms with Crippen LogP contribution in [0, 0.1) is 11.2 Å². The van der Waals surface area contributed by atoms with Crippen LogP contribution in [-0.4, -0.2) is 23.4 Å². The van der Waals surface area contributed by atoms with Gasteiger partial charge in [0.2, 0.25) is 5.91 Å². The summed E-state index contributed by atoms with van der Waals surface area (Å²) in [5, 5.41) is 3.28. The van der Waals surface area contributed by atoms with E-state index in [0.717, 1.165) is 18.4 Å². The molecule has 1 heterocycles. The zero-order valence-electron chi connectivity index (χ0n) is 12.7. The van der Waals surface area contributed by atoms with E-state index in [2.05, 4.69) is 19.2 Å². The largest absolute Gasteiger partial charge is 0.318 e. The molecule has 1 aliphatic carbocycles. The van der Waals surface area contributed by atoms with Crippen molar-refractivity contribution in [2.75, 3.05) is 6.54 Å². The molecule has 1 N–H and O–H groups in total. The molecule has 2 aliphatic rings. The van der Waals surface area contributed by atoms with Gasteiger partial charge >= 0.3 is 0 Å². The number of carbonyl (C=O) groups is 1. The van der Waals surface area contributed by atoms with E-state index in [4.69, 9.17) is 0 Å². The van der Waals surface area contributed by atoms with Crippen molar-refractivity contribution in [1.29, 1.82) is 0 Å². The molecule has 1 aliphatic heterocycles. The van der Waals surface area contributed by atoms with Crippen LogP contribution in [0.1, 0.15) is 51.3 Å². The van der Waals surface area contributed by atoms with Crippen molar-refractivity contribution in [2.45, 2.75) is 51.7 Å². The Bertz CT molecular complexity index is 526. The first kappa shape index (κ1) is 14.5. The molecule has 2 fully saturated rings. The lowest BCUT2D eigenvalue weighted by atomic mass is 9.72. The maximum Gasteiger partial charge on any atom is 0.238 e. The SMILES string of the molecule is CC1(C)CCCCC1N1C(=O)CNC1c1ccc(F)cc1. The lowest BCUT2D eigenvalue weighted by Gasteiger charge is -2.45. The summed E-state index contributed by atoms with van der Waals surface area (Å²) in [5.41, 5.74) is 1.10. The van der Waals surface area contributed by atoms with Gasteiger partial charge in [0.25, 0.3) is 0 Å². The Morgan fingerprint density at radius 2 is 1.95 bits per heavy atom. The number of halogens is 1. The van der Waals surface area contributed by atoms with Crippen LogP contribution in [0.2, 0.25) is 0 Å². The van der Waals surface area contributed by atoms with Crippen molar-refractivity contribution < 1.29 is 9.18 Å². The second kappa shape index (κ2) is 5.41. The summed E-state index contributed by atoms with van der Waals surface area (Å²) in [4.78, 5) is 14.4. The van der Waals surface area contributed by atoms with Crippen LogP contribution in [0.4, 0.5) is 4.39 Å². The molecule has 2 unspecified atom stereocenters. The summed E-state index contributed by atoms with van der Waals surface area (Å²) in [6, 6.07) is 6.72. The summed E-state index contributed by atoms with van der Waals surface area (Å²) in [7, 11) is 0. The molecule has 1 aromatic carbocycles. The fourth-order valence-electron chi connectivity index (χ4n) is 3.79. The highest BCUT2D eigenvalue weighted by molar-refractivity contribution is 5.81. The van der Waals surface area contributed by atoms with Gasteiger partial charge in [-0.1, -0.05) is 38.8 Å². The van der Waals surface area contributed by atoms with Gasteiger partial charge in [0.15, 0.2) is 0 Å². The van der Waals surface area contributed by atoms with E-state index in [0.29, 0.717) is 6.54 Å². The molecule has 0 aromatic heterocycles. The number of rotatable bonds is 2. The molecule has 0 radical (unpaired) electrons. The quantitative estimate of drug-likeness (QED) is 0.907. The van der Waals surface area contributed by atoms with Crippen molar-refractivity contribution >= 4 is 5.91 Å². The monoisotopic (exact) mass is 290 g/mol. The van der Waals surface area contributed by atoms with Gasteiger partial charge in [0, 0.05) is 6.04 Å². The Balaban J connectivity index is 1.90. The highest BCUT2D eigenvalue weighted by atomic mass is 19.1. The molecule has 1 saturated carbocycles. The summed E-state index contributed by atoms with van der Waals surface area (Å²) < 4.78 is 13.1. The predicted molar refractivity (Wildman–Crippen MR) is 80.0 cm³/mol. The first-order chi connectivity index (χ1) is 9.99. The van der Waals surface area contributed by atoms with E-state index in [1.54, 1.807) is 12.1 Å². The Morgan fingerprint density at radius 1 is 1.24 bits per heavy atom. The molecule has 2 atom stereocenters. The third kappa shape index (κ3) is 2.69. The van der Waals surface area contributed by atoms with E-state index < -0.39 is 0 Å². The van der Waals surface area contributed by atoms with Crippen LogP contribution in [-0.2, 0) is 4.79 Å². The molecule has 3 rings (SSSR count).